The van der Waals surface area contributed by atoms with E-state index in [0.29, 0.717) is 6.42 Å². The predicted molar refractivity (Wildman–Crippen MR) is 284 cm³/mol. The molecule has 25 nitrogen and oxygen atoms in total. The highest BCUT2D eigenvalue weighted by molar-refractivity contribution is 8.13. The van der Waals surface area contributed by atoms with Crippen molar-refractivity contribution in [1.29, 1.82) is 0 Å². The highest BCUT2D eigenvalue weighted by atomic mass is 32.2. The molecule has 2 unspecified atom stereocenters. The normalized spacial score (nSPS) is 19.1. The summed E-state index contributed by atoms with van der Waals surface area (Å²) in [6.07, 6.45) is 20.1. The Bertz CT molecular complexity index is 2220. The lowest BCUT2D eigenvalue weighted by atomic mass is 9.87. The van der Waals surface area contributed by atoms with Crippen LogP contribution >= 0.6 is 35.2 Å². The van der Waals surface area contributed by atoms with Crippen LogP contribution in [0.15, 0.2) is 12.7 Å². The van der Waals surface area contributed by atoms with Crippen LogP contribution in [0.1, 0.15) is 181 Å². The number of unbranched alkanes of at least 4 members (excludes halogenated alkanes) is 20. The molecule has 0 radical (unpaired) electrons. The monoisotopic (exact) mass is 1160 g/mol. The van der Waals surface area contributed by atoms with Crippen molar-refractivity contribution >= 4 is 74.9 Å². The van der Waals surface area contributed by atoms with E-state index in [1.54, 1.807) is 0 Å². The van der Waals surface area contributed by atoms with Gasteiger partial charge in [0.2, 0.25) is 11.8 Å². The van der Waals surface area contributed by atoms with Crippen LogP contribution in [0.2, 0.25) is 0 Å². The van der Waals surface area contributed by atoms with Crippen molar-refractivity contribution in [3.05, 3.63) is 12.7 Å². The summed E-state index contributed by atoms with van der Waals surface area (Å²) in [7, 11) is -16.5. The summed E-state index contributed by atoms with van der Waals surface area (Å²) >= 11 is 0.945. The van der Waals surface area contributed by atoms with Gasteiger partial charge in [0.05, 0.1) is 26.0 Å². The number of nitrogen functional groups attached to an aromatic ring is 1. The summed E-state index contributed by atoms with van der Waals surface area (Å²) < 4.78 is 62.5. The maximum atomic E-state index is 12.8. The summed E-state index contributed by atoms with van der Waals surface area (Å²) in [4.78, 5) is 101. The van der Waals surface area contributed by atoms with Crippen molar-refractivity contribution in [3.8, 4) is 0 Å². The number of nitrogens with two attached hydrogens (primary N) is 1. The predicted octanol–water partition coefficient (Wildman–Crippen LogP) is 7.23. The van der Waals surface area contributed by atoms with Gasteiger partial charge in [-0.2, -0.15) is 4.31 Å². The Morgan fingerprint density at radius 3 is 1.87 bits per heavy atom. The van der Waals surface area contributed by atoms with Crippen LogP contribution in [0.3, 0.4) is 0 Å². The molecule has 7 atom stereocenters. The number of hydrogen-bond donors (Lipinski definition) is 9. The zero-order valence-corrected chi connectivity index (χ0v) is 47.7. The third kappa shape index (κ3) is 26.9. The van der Waals surface area contributed by atoms with E-state index >= 15 is 0 Å². The molecule has 1 aliphatic heterocycles. The fourth-order valence-electron chi connectivity index (χ4n) is 8.35. The molecule has 10 N–H and O–H groups in total. The van der Waals surface area contributed by atoms with Gasteiger partial charge in [0.15, 0.2) is 22.8 Å². The number of nitrogens with one attached hydrogen (secondary N) is 2. The number of carbonyl (C=O) groups excluding carboxylic acids is 4. The second-order valence-corrected chi connectivity index (χ2v) is 25.2. The average molecular weight is 1160 g/mol. The van der Waals surface area contributed by atoms with Crippen molar-refractivity contribution in [3.63, 3.8) is 0 Å². The molecule has 0 aliphatic carbocycles. The molecular formula is C47H84N7O18P3S. The molecule has 0 saturated carbocycles. The fraction of sp³-hybridized carbons (Fsp3) is 0.809. The molecular weight excluding hydrogens is 1080 g/mol. The van der Waals surface area contributed by atoms with E-state index < -0.39 is 84.6 Å². The number of anilines is 1. The zero-order chi connectivity index (χ0) is 56.2. The van der Waals surface area contributed by atoms with E-state index in [-0.39, 0.29) is 59.6 Å². The first kappa shape index (κ1) is 67.5. The van der Waals surface area contributed by atoms with Crippen molar-refractivity contribution < 1.29 is 85.3 Å². The smallest absolute Gasteiger partial charge is 0.386 e. The maximum Gasteiger partial charge on any atom is 0.481 e. The van der Waals surface area contributed by atoms with E-state index in [1.165, 1.54) is 123 Å². The first-order valence-corrected chi connectivity index (χ1v) is 32.0. The summed E-state index contributed by atoms with van der Waals surface area (Å²) in [5.74, 6) is -1.38. The van der Waals surface area contributed by atoms with Gasteiger partial charge in [0, 0.05) is 37.1 Å². The lowest BCUT2D eigenvalue weighted by molar-refractivity contribution is -0.137. The van der Waals surface area contributed by atoms with E-state index in [9.17, 15) is 62.7 Å². The number of rotatable bonds is 43. The number of ether oxygens (including phenoxy) is 1. The molecule has 29 heteroatoms. The van der Waals surface area contributed by atoms with Gasteiger partial charge in [-0.05, 0) is 6.42 Å². The average Bonchev–Trinajstić information content (AvgIpc) is 3.91. The molecule has 0 spiro atoms. The summed E-state index contributed by atoms with van der Waals surface area (Å²) in [6, 6.07) is 0. The van der Waals surface area contributed by atoms with Gasteiger partial charge in [-0.15, -0.1) is 0 Å². The Morgan fingerprint density at radius 1 is 0.776 bits per heavy atom. The number of ketones is 1. The minimum Gasteiger partial charge on any atom is -0.386 e. The largest absolute Gasteiger partial charge is 0.481 e. The van der Waals surface area contributed by atoms with Crippen molar-refractivity contribution in [2.75, 3.05) is 37.8 Å². The van der Waals surface area contributed by atoms with Crippen molar-refractivity contribution in [2.24, 2.45) is 5.41 Å². The summed E-state index contributed by atoms with van der Waals surface area (Å²) in [5, 5.41) is 26.3. The summed E-state index contributed by atoms with van der Waals surface area (Å²) in [6.45, 7) is 2.62. The van der Waals surface area contributed by atoms with E-state index in [2.05, 4.69) is 41.3 Å². The molecule has 0 bridgehead atoms. The topological polar surface area (TPSA) is 381 Å². The Kier molecular flexibility index (Phi) is 31.1. The molecule has 3 rings (SSSR count). The van der Waals surface area contributed by atoms with Gasteiger partial charge in [-0.3, -0.25) is 37.3 Å². The first-order chi connectivity index (χ1) is 35.9. The van der Waals surface area contributed by atoms with Crippen LogP contribution in [-0.4, -0.2) is 128 Å². The molecule has 1 saturated heterocycles. The van der Waals surface area contributed by atoms with Gasteiger partial charge in [-0.25, -0.2) is 28.6 Å². The van der Waals surface area contributed by atoms with Crippen LogP contribution in [0.25, 0.3) is 11.2 Å². The first-order valence-electron chi connectivity index (χ1n) is 26.5. The van der Waals surface area contributed by atoms with E-state index in [4.69, 9.17) is 19.5 Å². The Balaban J connectivity index is 1.22. The highest BCUT2D eigenvalue weighted by Gasteiger charge is 2.50. The molecule has 3 heterocycles. The number of thioether (sulfide) groups is 1. The lowest BCUT2D eigenvalue weighted by Gasteiger charge is -2.30. The van der Waals surface area contributed by atoms with Gasteiger partial charge in [0.25, 0.3) is 0 Å². The highest BCUT2D eigenvalue weighted by Crippen LogP contribution is 2.61. The third-order valence-corrected chi connectivity index (χ3v) is 16.6. The number of amides is 2. The standard InChI is InChI=1S/C47H84N7O18P3S/c1-4-5-6-7-8-9-10-11-12-13-14-15-16-17-18-19-20-21-22-23-24-25-35(55)30-38(57)76-29-28-49-37(56)26-27-50-45(60)42(59)47(2,3)32-69-75(66,67)72-74(64,65)68-31-36-41(71-73(61,62)63)40(58)46(70-36)54-34-53-39-43(48)51-33-52-44(39)54/h33-34,36,40-42,46,58-59H,4-32H2,1-3H3,(H,49,56)(H,50,60)(H,64,65)(H,66,67)(H2,48,51,52)(H2,61,62,63)/t36-,40-,41-,42+,46-/m1/s1. The Labute approximate surface area is 450 Å². The second-order valence-electron chi connectivity index (χ2n) is 19.8. The molecule has 436 valence electrons. The van der Waals surface area contributed by atoms with Crippen molar-refractivity contribution in [1.82, 2.24) is 30.2 Å². The van der Waals surface area contributed by atoms with E-state index in [0.717, 1.165) is 54.7 Å². The van der Waals surface area contributed by atoms with Crippen LogP contribution < -0.4 is 16.4 Å². The molecule has 1 aliphatic rings. The van der Waals surface area contributed by atoms with E-state index in [1.807, 2.05) is 0 Å². The third-order valence-electron chi connectivity index (χ3n) is 12.7. The number of aliphatic hydroxyl groups is 2. The maximum absolute atomic E-state index is 12.8. The van der Waals surface area contributed by atoms with Crippen LogP contribution in [0.5, 0.6) is 0 Å². The second kappa shape index (κ2) is 35.1. The molecule has 2 aromatic rings. The molecule has 2 aromatic heterocycles. The number of fused-ring (bicyclic) bond motifs is 1. The molecule has 76 heavy (non-hydrogen) atoms. The molecule has 1 fully saturated rings. The van der Waals surface area contributed by atoms with Gasteiger partial charge in [0.1, 0.15) is 42.0 Å². The molecule has 0 aromatic carbocycles. The number of carbonyl (C=O) groups is 4. The summed E-state index contributed by atoms with van der Waals surface area (Å²) in [5.41, 5.74) is 4.25. The number of hydrogen-bond acceptors (Lipinski definition) is 19. The number of imidazole rings is 1. The number of Topliss-reactive ketones (excluding diaryl/α,β-unsaturated/α-hetero) is 1. The Morgan fingerprint density at radius 2 is 1.32 bits per heavy atom. The number of phosphoric acid groups is 3. The van der Waals surface area contributed by atoms with Gasteiger partial charge < -0.3 is 50.9 Å². The minimum atomic E-state index is -5.59. The van der Waals surface area contributed by atoms with Gasteiger partial charge in [-0.1, -0.05) is 161 Å². The number of nitrogens with zero attached hydrogens (tertiary/aromatic N) is 4. The number of aromatic nitrogens is 4. The number of phosphoric ester groups is 3. The van der Waals surface area contributed by atoms with Gasteiger partial charge >= 0.3 is 23.5 Å². The molecule has 2 amide bonds. The minimum absolute atomic E-state index is 0.0272. The zero-order valence-electron chi connectivity index (χ0n) is 44.2. The van der Waals surface area contributed by atoms with Crippen LogP contribution in [0, 0.1) is 5.41 Å². The lowest BCUT2D eigenvalue weighted by Crippen LogP contribution is -2.46. The number of aliphatic hydroxyl groups excluding tert-OH is 2. The quantitative estimate of drug-likeness (QED) is 0.0180. The van der Waals surface area contributed by atoms with Crippen LogP contribution in [0.4, 0.5) is 5.82 Å². The van der Waals surface area contributed by atoms with Crippen molar-refractivity contribution in [2.45, 2.75) is 206 Å². The fourth-order valence-corrected chi connectivity index (χ4v) is 11.9. The Hall–Kier alpha value is -2.77. The van der Waals surface area contributed by atoms with Crippen LogP contribution in [-0.2, 0) is 55.5 Å². The SMILES string of the molecule is CCCCCCCCCCCCCCCCCCCCCCCC(=O)CC(=O)SCCNC(=O)CCNC(=O)[C@H](O)C(C)(C)COP(=O)(O)OP(=O)(O)OC[C@H]1O[C@@H](n2cnc3c(N)ncnc32)[C@H](O)[C@@H]1OP(=O)(O)O.